The summed E-state index contributed by atoms with van der Waals surface area (Å²) in [5.74, 6) is -0.703. The van der Waals surface area contributed by atoms with Gasteiger partial charge in [-0.1, -0.05) is 29.3 Å². The molecule has 1 aliphatic heterocycles. The van der Waals surface area contributed by atoms with Gasteiger partial charge in [-0.2, -0.15) is 0 Å². The molecular formula is C18H16Cl2FN3O2. The molecule has 5 nitrogen and oxygen atoms in total. The van der Waals surface area contributed by atoms with E-state index in [0.29, 0.717) is 33.3 Å². The Morgan fingerprint density at radius 2 is 2.00 bits per heavy atom. The monoisotopic (exact) mass is 395 g/mol. The summed E-state index contributed by atoms with van der Waals surface area (Å²) in [5, 5.41) is 3.31. The van der Waals surface area contributed by atoms with Crippen molar-refractivity contribution in [2.24, 2.45) is 5.73 Å². The van der Waals surface area contributed by atoms with Gasteiger partial charge in [-0.25, -0.2) is 9.18 Å². The van der Waals surface area contributed by atoms with Crippen molar-refractivity contribution in [1.29, 1.82) is 0 Å². The van der Waals surface area contributed by atoms with E-state index in [9.17, 15) is 14.0 Å². The lowest BCUT2D eigenvalue weighted by molar-refractivity contribution is -0.120. The Morgan fingerprint density at radius 3 is 2.69 bits per heavy atom. The number of fused-ring (bicyclic) bond motifs is 1. The number of nitrogens with two attached hydrogens (primary N) is 1. The maximum Gasteiger partial charge on any atom is 0.312 e. The zero-order chi connectivity index (χ0) is 19.0. The second kappa shape index (κ2) is 7.13. The van der Waals surface area contributed by atoms with Crippen molar-refractivity contribution in [2.75, 3.05) is 11.9 Å². The minimum Gasteiger partial charge on any atom is -0.352 e. The first-order valence-electron chi connectivity index (χ1n) is 7.85. The van der Waals surface area contributed by atoms with E-state index in [1.165, 1.54) is 23.1 Å². The molecule has 0 fully saturated rings. The number of likely N-dealkylation sites (N-methyl/N-ethyl adjacent to an activating group) is 1. The van der Waals surface area contributed by atoms with Crippen molar-refractivity contribution in [3.8, 4) is 0 Å². The van der Waals surface area contributed by atoms with E-state index in [4.69, 9.17) is 28.9 Å². The number of primary amides is 1. The second-order valence-corrected chi connectivity index (χ2v) is 6.92. The summed E-state index contributed by atoms with van der Waals surface area (Å²) in [6, 6.07) is 6.12. The molecule has 0 saturated carbocycles. The van der Waals surface area contributed by atoms with E-state index in [2.05, 4.69) is 5.32 Å². The van der Waals surface area contributed by atoms with Gasteiger partial charge in [0.25, 0.3) is 0 Å². The van der Waals surface area contributed by atoms with Crippen LogP contribution in [0.4, 0.5) is 14.9 Å². The average Bonchev–Trinajstić information content (AvgIpc) is 2.57. The van der Waals surface area contributed by atoms with Crippen molar-refractivity contribution in [2.45, 2.75) is 18.9 Å². The molecule has 1 heterocycles. The van der Waals surface area contributed by atoms with Gasteiger partial charge in [-0.15, -0.1) is 0 Å². The number of hydrogen-bond donors (Lipinski definition) is 2. The summed E-state index contributed by atoms with van der Waals surface area (Å²) in [4.78, 5) is 25.2. The second-order valence-electron chi connectivity index (χ2n) is 6.11. The number of amides is 3. The molecular weight excluding hydrogens is 380 g/mol. The van der Waals surface area contributed by atoms with Gasteiger partial charge in [0.05, 0.1) is 5.69 Å². The van der Waals surface area contributed by atoms with E-state index < -0.39 is 17.9 Å². The van der Waals surface area contributed by atoms with Gasteiger partial charge >= 0.3 is 6.03 Å². The average molecular weight is 396 g/mol. The van der Waals surface area contributed by atoms with Gasteiger partial charge in [0.15, 0.2) is 0 Å². The number of carbonyl (C=O) groups excluding carboxylic acids is 2. The number of benzene rings is 2. The Balaban J connectivity index is 2.05. The predicted octanol–water partition coefficient (Wildman–Crippen LogP) is 3.28. The predicted molar refractivity (Wildman–Crippen MR) is 99.3 cm³/mol. The summed E-state index contributed by atoms with van der Waals surface area (Å²) >= 11 is 12.5. The summed E-state index contributed by atoms with van der Waals surface area (Å²) in [6.07, 6.45) is 0.562. The Kier molecular flexibility index (Phi) is 5.07. The van der Waals surface area contributed by atoms with E-state index >= 15 is 0 Å². The van der Waals surface area contributed by atoms with Crippen LogP contribution in [0.15, 0.2) is 30.3 Å². The van der Waals surface area contributed by atoms with Crippen molar-refractivity contribution < 1.29 is 14.0 Å². The van der Waals surface area contributed by atoms with Crippen LogP contribution in [0, 0.1) is 5.82 Å². The molecule has 26 heavy (non-hydrogen) atoms. The maximum absolute atomic E-state index is 13.6. The third-order valence-electron chi connectivity index (χ3n) is 4.39. The molecule has 1 atom stereocenters. The fourth-order valence-electron chi connectivity index (χ4n) is 3.22. The van der Waals surface area contributed by atoms with Crippen LogP contribution in [-0.4, -0.2) is 25.0 Å². The normalized spacial score (nSPS) is 16.4. The molecule has 3 N–H and O–H groups in total. The van der Waals surface area contributed by atoms with Crippen LogP contribution < -0.4 is 16.0 Å². The van der Waals surface area contributed by atoms with Crippen LogP contribution in [0.5, 0.6) is 0 Å². The summed E-state index contributed by atoms with van der Waals surface area (Å²) in [5.41, 5.74) is 7.86. The molecule has 0 spiro atoms. The molecule has 8 heteroatoms. The number of hydrogen-bond acceptors (Lipinski definition) is 2. The van der Waals surface area contributed by atoms with E-state index in [1.54, 1.807) is 19.2 Å². The standard InChI is InChI=1S/C18H16Cl2FN3O2/c1-24-16-9(8-15(17(24)25)23-18(22)26)2-4-14(20)12(16)7-10-6-11(21)3-5-13(10)19/h2-6,15H,7-8H2,1H3,(H3,22,23,26)/t15-/m1/s1. The third kappa shape index (κ3) is 3.48. The maximum atomic E-state index is 13.6. The molecule has 0 aliphatic carbocycles. The minimum absolute atomic E-state index is 0.268. The molecule has 0 bridgehead atoms. The summed E-state index contributed by atoms with van der Waals surface area (Å²) in [6.45, 7) is 0. The fourth-order valence-corrected chi connectivity index (χ4v) is 3.62. The highest BCUT2D eigenvalue weighted by atomic mass is 35.5. The highest BCUT2D eigenvalue weighted by molar-refractivity contribution is 6.32. The van der Waals surface area contributed by atoms with Gasteiger partial charge in [0.1, 0.15) is 11.9 Å². The van der Waals surface area contributed by atoms with Gasteiger partial charge in [0, 0.05) is 29.9 Å². The molecule has 136 valence electrons. The lowest BCUT2D eigenvalue weighted by Gasteiger charge is -2.33. The van der Waals surface area contributed by atoms with Crippen LogP contribution in [0.25, 0.3) is 0 Å². The molecule has 3 rings (SSSR count). The van der Waals surface area contributed by atoms with Crippen LogP contribution in [0.2, 0.25) is 10.0 Å². The number of nitrogens with zero attached hydrogens (tertiary/aromatic N) is 1. The van der Waals surface area contributed by atoms with Crippen LogP contribution >= 0.6 is 23.2 Å². The fraction of sp³-hybridized carbons (Fsp3) is 0.222. The first-order chi connectivity index (χ1) is 12.3. The minimum atomic E-state index is -0.763. The molecule has 0 saturated heterocycles. The molecule has 0 radical (unpaired) electrons. The van der Waals surface area contributed by atoms with Crippen molar-refractivity contribution in [1.82, 2.24) is 5.32 Å². The highest BCUT2D eigenvalue weighted by Crippen LogP contribution is 2.37. The molecule has 1 aliphatic rings. The van der Waals surface area contributed by atoms with Crippen molar-refractivity contribution in [3.63, 3.8) is 0 Å². The lowest BCUT2D eigenvalue weighted by Crippen LogP contribution is -2.53. The summed E-state index contributed by atoms with van der Waals surface area (Å²) in [7, 11) is 1.60. The molecule has 0 unspecified atom stereocenters. The molecule has 2 aromatic carbocycles. The quantitative estimate of drug-likeness (QED) is 0.836. The molecule has 2 aromatic rings. The first kappa shape index (κ1) is 18.5. The Morgan fingerprint density at radius 1 is 1.31 bits per heavy atom. The van der Waals surface area contributed by atoms with E-state index in [-0.39, 0.29) is 12.3 Å². The molecule has 0 aromatic heterocycles. The molecule has 3 amide bonds. The number of nitrogens with one attached hydrogen (secondary N) is 1. The van der Waals surface area contributed by atoms with Gasteiger partial charge in [-0.05, 0) is 41.0 Å². The Labute approximate surface area is 159 Å². The van der Waals surface area contributed by atoms with Crippen molar-refractivity contribution >= 4 is 40.8 Å². The van der Waals surface area contributed by atoms with Gasteiger partial charge in [-0.3, -0.25) is 4.79 Å². The Bertz CT molecular complexity index is 904. The lowest BCUT2D eigenvalue weighted by atomic mass is 9.92. The largest absolute Gasteiger partial charge is 0.352 e. The third-order valence-corrected chi connectivity index (χ3v) is 5.11. The number of anilines is 1. The Hall–Kier alpha value is -2.31. The van der Waals surface area contributed by atoms with Gasteiger partial charge < -0.3 is 16.0 Å². The van der Waals surface area contributed by atoms with Crippen LogP contribution in [-0.2, 0) is 17.6 Å². The van der Waals surface area contributed by atoms with Gasteiger partial charge in [0.2, 0.25) is 5.91 Å². The van der Waals surface area contributed by atoms with Crippen LogP contribution in [0.3, 0.4) is 0 Å². The van der Waals surface area contributed by atoms with E-state index in [0.717, 1.165) is 5.56 Å². The number of carbonyl (C=O) groups is 2. The van der Waals surface area contributed by atoms with Crippen LogP contribution in [0.1, 0.15) is 16.7 Å². The number of urea groups is 1. The topological polar surface area (TPSA) is 75.4 Å². The zero-order valence-electron chi connectivity index (χ0n) is 13.9. The zero-order valence-corrected chi connectivity index (χ0v) is 15.4. The highest BCUT2D eigenvalue weighted by Gasteiger charge is 2.33. The summed E-state index contributed by atoms with van der Waals surface area (Å²) < 4.78 is 13.6. The van der Waals surface area contributed by atoms with E-state index in [1.807, 2.05) is 0 Å². The smallest absolute Gasteiger partial charge is 0.312 e. The van der Waals surface area contributed by atoms with Crippen molar-refractivity contribution in [3.05, 3.63) is 62.9 Å². The number of rotatable bonds is 3. The number of halogens is 3. The SMILES string of the molecule is CN1C(=O)[C@H](NC(N)=O)Cc2ccc(Cl)c(Cc3cc(F)ccc3Cl)c21. The first-order valence-corrected chi connectivity index (χ1v) is 8.61.